The van der Waals surface area contributed by atoms with E-state index in [2.05, 4.69) is 17.7 Å². The molecule has 8 heteroatoms. The molecule has 2 heterocycles. The number of hydrogen-bond acceptors (Lipinski definition) is 8. The maximum absolute atomic E-state index is 8.96. The SMILES string of the molecule is CC(SCC1SC=C(CCO)S1)SCC1SC=C(CCO)S1. The van der Waals surface area contributed by atoms with Crippen LogP contribution in [-0.4, -0.2) is 48.7 Å². The molecule has 2 N–H and O–H groups in total. The molecule has 2 unspecified atom stereocenters. The molecule has 2 nitrogen and oxygen atoms in total. The molecule has 2 aliphatic heterocycles. The Labute approximate surface area is 158 Å². The molecular formula is C14H22O2S6. The van der Waals surface area contributed by atoms with E-state index in [1.165, 1.54) is 9.81 Å². The fourth-order valence-electron chi connectivity index (χ4n) is 1.83. The Morgan fingerprint density at radius 2 is 1.41 bits per heavy atom. The number of thioether (sulfide) groups is 6. The van der Waals surface area contributed by atoms with Crippen molar-refractivity contribution in [3.05, 3.63) is 20.6 Å². The predicted molar refractivity (Wildman–Crippen MR) is 112 cm³/mol. The zero-order chi connectivity index (χ0) is 15.8. The van der Waals surface area contributed by atoms with E-state index in [9.17, 15) is 0 Å². The van der Waals surface area contributed by atoms with Gasteiger partial charge in [0.15, 0.2) is 0 Å². The second-order valence-corrected chi connectivity index (χ2v) is 13.2. The van der Waals surface area contributed by atoms with Crippen molar-refractivity contribution < 1.29 is 10.2 Å². The third-order valence-electron chi connectivity index (χ3n) is 2.92. The maximum atomic E-state index is 8.96. The minimum absolute atomic E-state index is 0.258. The second-order valence-electron chi connectivity index (χ2n) is 4.72. The summed E-state index contributed by atoms with van der Waals surface area (Å²) in [6, 6.07) is 0. The Bertz CT molecular complexity index is 365. The summed E-state index contributed by atoms with van der Waals surface area (Å²) in [6.07, 6.45) is 1.62. The van der Waals surface area contributed by atoms with Crippen molar-refractivity contribution in [3.63, 3.8) is 0 Å². The average molecular weight is 415 g/mol. The summed E-state index contributed by atoms with van der Waals surface area (Å²) in [5.74, 6) is 2.32. The van der Waals surface area contributed by atoms with Gasteiger partial charge in [0.2, 0.25) is 0 Å². The van der Waals surface area contributed by atoms with Gasteiger partial charge in [0.05, 0.1) is 9.16 Å². The van der Waals surface area contributed by atoms with Crippen molar-refractivity contribution in [2.75, 3.05) is 24.7 Å². The van der Waals surface area contributed by atoms with E-state index in [4.69, 9.17) is 10.2 Å². The van der Waals surface area contributed by atoms with Crippen LogP contribution in [0.4, 0.5) is 0 Å². The third-order valence-corrected chi connectivity index (χ3v) is 12.0. The van der Waals surface area contributed by atoms with Gasteiger partial charge in [0.25, 0.3) is 0 Å². The highest BCUT2D eigenvalue weighted by Gasteiger charge is 2.22. The molecule has 0 saturated heterocycles. The summed E-state index contributed by atoms with van der Waals surface area (Å²) in [5.41, 5.74) is 0. The average Bonchev–Trinajstić information content (AvgIpc) is 3.13. The van der Waals surface area contributed by atoms with Crippen molar-refractivity contribution in [1.29, 1.82) is 0 Å². The highest BCUT2D eigenvalue weighted by atomic mass is 32.2. The number of aliphatic hydroxyl groups is 2. The van der Waals surface area contributed by atoms with E-state index in [1.807, 2.05) is 70.6 Å². The molecule has 0 amide bonds. The third kappa shape index (κ3) is 7.17. The predicted octanol–water partition coefficient (Wildman–Crippen LogP) is 4.86. The molecule has 2 rings (SSSR count). The fourth-order valence-corrected chi connectivity index (χ4v) is 9.89. The van der Waals surface area contributed by atoms with E-state index in [1.54, 1.807) is 0 Å². The Morgan fingerprint density at radius 1 is 0.955 bits per heavy atom. The molecule has 0 aromatic carbocycles. The van der Waals surface area contributed by atoms with Gasteiger partial charge in [-0.15, -0.1) is 70.6 Å². The van der Waals surface area contributed by atoms with E-state index in [-0.39, 0.29) is 13.2 Å². The van der Waals surface area contributed by atoms with Crippen LogP contribution in [0.5, 0.6) is 0 Å². The van der Waals surface area contributed by atoms with Crippen LogP contribution >= 0.6 is 70.6 Å². The van der Waals surface area contributed by atoms with E-state index in [0.717, 1.165) is 24.3 Å². The summed E-state index contributed by atoms with van der Waals surface area (Å²) >= 11 is 11.7. The van der Waals surface area contributed by atoms with Crippen LogP contribution in [0.3, 0.4) is 0 Å². The summed E-state index contributed by atoms with van der Waals surface area (Å²) in [4.78, 5) is 2.67. The molecule has 0 aromatic rings. The lowest BCUT2D eigenvalue weighted by molar-refractivity contribution is 0.301. The monoisotopic (exact) mass is 414 g/mol. The lowest BCUT2D eigenvalue weighted by Crippen LogP contribution is -2.04. The molecule has 0 saturated carbocycles. The highest BCUT2D eigenvalue weighted by molar-refractivity contribution is 8.25. The number of aliphatic hydroxyl groups excluding tert-OH is 2. The molecule has 2 atom stereocenters. The molecule has 0 spiro atoms. The molecule has 2 aliphatic rings. The molecule has 0 radical (unpaired) electrons. The molecule has 126 valence electrons. The van der Waals surface area contributed by atoms with Crippen molar-refractivity contribution in [1.82, 2.24) is 0 Å². The maximum Gasteiger partial charge on any atom is 0.0678 e. The lowest BCUT2D eigenvalue weighted by atomic mass is 10.4. The normalized spacial score (nSPS) is 26.1. The Balaban J connectivity index is 1.53. The number of hydrogen-bond donors (Lipinski definition) is 2. The molecule has 22 heavy (non-hydrogen) atoms. The van der Waals surface area contributed by atoms with Crippen LogP contribution in [0.15, 0.2) is 20.6 Å². The van der Waals surface area contributed by atoms with Crippen LogP contribution in [0, 0.1) is 0 Å². The lowest BCUT2D eigenvalue weighted by Gasteiger charge is -2.16. The summed E-state index contributed by atoms with van der Waals surface area (Å²) in [6.45, 7) is 2.82. The molecule has 0 aromatic heterocycles. The highest BCUT2D eigenvalue weighted by Crippen LogP contribution is 2.45. The first-order valence-corrected chi connectivity index (χ1v) is 12.9. The van der Waals surface area contributed by atoms with Gasteiger partial charge in [-0.2, -0.15) is 0 Å². The zero-order valence-electron chi connectivity index (χ0n) is 12.5. The zero-order valence-corrected chi connectivity index (χ0v) is 17.4. The first kappa shape index (κ1) is 19.8. The van der Waals surface area contributed by atoms with Crippen molar-refractivity contribution in [2.24, 2.45) is 0 Å². The van der Waals surface area contributed by atoms with Gasteiger partial charge in [0.1, 0.15) is 0 Å². The summed E-state index contributed by atoms with van der Waals surface area (Å²) in [7, 11) is 0. The van der Waals surface area contributed by atoms with Gasteiger partial charge in [-0.05, 0) is 27.6 Å². The van der Waals surface area contributed by atoms with Gasteiger partial charge in [-0.3, -0.25) is 0 Å². The first-order valence-electron chi connectivity index (χ1n) is 7.18. The van der Waals surface area contributed by atoms with Gasteiger partial charge >= 0.3 is 0 Å². The Morgan fingerprint density at radius 3 is 1.82 bits per heavy atom. The molecule has 0 bridgehead atoms. The Kier molecular flexibility index (Phi) is 10.1. The van der Waals surface area contributed by atoms with Crippen LogP contribution in [0.25, 0.3) is 0 Å². The largest absolute Gasteiger partial charge is 0.396 e. The van der Waals surface area contributed by atoms with Crippen LogP contribution in [-0.2, 0) is 0 Å². The van der Waals surface area contributed by atoms with Gasteiger partial charge in [-0.1, -0.05) is 0 Å². The van der Waals surface area contributed by atoms with Crippen molar-refractivity contribution in [3.8, 4) is 0 Å². The van der Waals surface area contributed by atoms with Gasteiger partial charge in [-0.25, -0.2) is 0 Å². The van der Waals surface area contributed by atoms with E-state index in [0.29, 0.717) is 13.7 Å². The Hall–Kier alpha value is 1.50. The fraction of sp³-hybridized carbons (Fsp3) is 0.714. The van der Waals surface area contributed by atoms with Crippen LogP contribution in [0.2, 0.25) is 0 Å². The summed E-state index contributed by atoms with van der Waals surface area (Å²) < 4.78 is 1.84. The first-order chi connectivity index (χ1) is 10.7. The quantitative estimate of drug-likeness (QED) is 0.491. The standard InChI is InChI=1S/C14H22O2S6/c1-10(17-8-13-19-6-11(21-13)2-4-15)18-9-14-20-7-12(22-14)3-5-16/h6-7,10,13-16H,2-5,8-9H2,1H3. The summed E-state index contributed by atoms with van der Waals surface area (Å²) in [5, 5.41) is 22.4. The topological polar surface area (TPSA) is 40.5 Å². The van der Waals surface area contributed by atoms with Gasteiger partial charge < -0.3 is 10.2 Å². The molecule has 0 aliphatic carbocycles. The molecular weight excluding hydrogens is 393 g/mol. The smallest absolute Gasteiger partial charge is 0.0678 e. The van der Waals surface area contributed by atoms with Crippen molar-refractivity contribution >= 4 is 70.6 Å². The van der Waals surface area contributed by atoms with Crippen LogP contribution < -0.4 is 0 Å². The second kappa shape index (κ2) is 11.2. The van der Waals surface area contributed by atoms with Crippen molar-refractivity contribution in [2.45, 2.75) is 33.5 Å². The van der Waals surface area contributed by atoms with E-state index < -0.39 is 0 Å². The van der Waals surface area contributed by atoms with Gasteiger partial charge in [0, 0.05) is 42.1 Å². The minimum atomic E-state index is 0.258. The van der Waals surface area contributed by atoms with E-state index >= 15 is 0 Å². The molecule has 0 fully saturated rings. The van der Waals surface area contributed by atoms with Crippen LogP contribution in [0.1, 0.15) is 19.8 Å². The number of rotatable bonds is 10. The minimum Gasteiger partial charge on any atom is -0.396 e.